The van der Waals surface area contributed by atoms with Gasteiger partial charge >= 0.3 is 0 Å². The fourth-order valence-corrected chi connectivity index (χ4v) is 1.99. The number of nitrogens with one attached hydrogen (secondary N) is 1. The first-order valence-electron chi connectivity index (χ1n) is 5.46. The molecule has 6 heteroatoms. The van der Waals surface area contributed by atoms with Crippen LogP contribution in [0.5, 0.6) is 0 Å². The molecule has 6 nitrogen and oxygen atoms in total. The Morgan fingerprint density at radius 3 is 3.25 bits per heavy atom. The molecule has 1 N–H and O–H groups in total. The lowest BCUT2D eigenvalue weighted by atomic mass is 10.3. The number of fused-ring (bicyclic) bond motifs is 1. The van der Waals surface area contributed by atoms with Gasteiger partial charge in [-0.25, -0.2) is 4.98 Å². The minimum atomic E-state index is 0.558. The predicted molar refractivity (Wildman–Crippen MR) is 59.3 cm³/mol. The molecule has 0 radical (unpaired) electrons. The van der Waals surface area contributed by atoms with Crippen LogP contribution in [0.3, 0.4) is 0 Å². The van der Waals surface area contributed by atoms with Crippen molar-refractivity contribution in [1.82, 2.24) is 20.4 Å². The number of nitrogens with zero attached hydrogens (tertiary/aromatic N) is 4. The third-order valence-electron chi connectivity index (χ3n) is 2.79. The Kier molecular flexibility index (Phi) is 2.41. The maximum atomic E-state index is 5.04. The molecule has 0 unspecified atom stereocenters. The van der Waals surface area contributed by atoms with Gasteiger partial charge in [-0.2, -0.15) is 4.98 Å². The zero-order valence-electron chi connectivity index (χ0n) is 8.89. The van der Waals surface area contributed by atoms with Gasteiger partial charge < -0.3 is 14.7 Å². The van der Waals surface area contributed by atoms with Gasteiger partial charge in [-0.05, 0) is 13.0 Å². The molecule has 1 fully saturated rings. The van der Waals surface area contributed by atoms with Crippen LogP contribution in [0.15, 0.2) is 17.0 Å². The number of anilines is 1. The van der Waals surface area contributed by atoms with Crippen LogP contribution in [-0.4, -0.2) is 41.3 Å². The average molecular weight is 219 g/mol. The van der Waals surface area contributed by atoms with Gasteiger partial charge in [0.25, 0.3) is 5.71 Å². The SMILES string of the molecule is c1nc(N2CCCNCC2)c2cnoc2n1. The molecule has 2 aromatic rings. The summed E-state index contributed by atoms with van der Waals surface area (Å²) >= 11 is 0. The molecule has 0 aromatic carbocycles. The topological polar surface area (TPSA) is 67.1 Å². The van der Waals surface area contributed by atoms with Crippen molar-refractivity contribution >= 4 is 16.9 Å². The first-order valence-corrected chi connectivity index (χ1v) is 5.46. The Morgan fingerprint density at radius 2 is 2.25 bits per heavy atom. The molecule has 0 spiro atoms. The van der Waals surface area contributed by atoms with E-state index in [2.05, 4.69) is 25.3 Å². The quantitative estimate of drug-likeness (QED) is 0.749. The fraction of sp³-hybridized carbons (Fsp3) is 0.500. The normalized spacial score (nSPS) is 17.6. The molecule has 0 saturated carbocycles. The van der Waals surface area contributed by atoms with E-state index >= 15 is 0 Å². The van der Waals surface area contributed by atoms with Crippen LogP contribution in [0.25, 0.3) is 11.1 Å². The van der Waals surface area contributed by atoms with E-state index in [9.17, 15) is 0 Å². The molecule has 3 heterocycles. The van der Waals surface area contributed by atoms with Crippen LogP contribution >= 0.6 is 0 Å². The molecule has 16 heavy (non-hydrogen) atoms. The molecular formula is C10H13N5O. The Hall–Kier alpha value is -1.69. The summed E-state index contributed by atoms with van der Waals surface area (Å²) in [5.74, 6) is 0.926. The van der Waals surface area contributed by atoms with E-state index in [4.69, 9.17) is 4.52 Å². The van der Waals surface area contributed by atoms with Crippen LogP contribution in [0, 0.1) is 0 Å². The molecular weight excluding hydrogens is 206 g/mol. The van der Waals surface area contributed by atoms with Crippen LogP contribution in [-0.2, 0) is 0 Å². The lowest BCUT2D eigenvalue weighted by molar-refractivity contribution is 0.448. The molecule has 1 aliphatic heterocycles. The predicted octanol–water partition coefficient (Wildman–Crippen LogP) is 0.417. The van der Waals surface area contributed by atoms with Crippen molar-refractivity contribution in [3.63, 3.8) is 0 Å². The van der Waals surface area contributed by atoms with Crippen molar-refractivity contribution in [3.8, 4) is 0 Å². The second-order valence-electron chi connectivity index (χ2n) is 3.83. The summed E-state index contributed by atoms with van der Waals surface area (Å²) in [6.45, 7) is 4.01. The van der Waals surface area contributed by atoms with E-state index in [-0.39, 0.29) is 0 Å². The maximum absolute atomic E-state index is 5.04. The van der Waals surface area contributed by atoms with E-state index in [0.29, 0.717) is 5.71 Å². The molecule has 84 valence electrons. The zero-order chi connectivity index (χ0) is 10.8. The molecule has 0 aliphatic carbocycles. The minimum Gasteiger partial charge on any atom is -0.355 e. The van der Waals surface area contributed by atoms with Gasteiger partial charge in [-0.3, -0.25) is 0 Å². The highest BCUT2D eigenvalue weighted by Gasteiger charge is 2.15. The van der Waals surface area contributed by atoms with Gasteiger partial charge in [0.1, 0.15) is 17.5 Å². The third kappa shape index (κ3) is 1.61. The number of hydrogen-bond acceptors (Lipinski definition) is 6. The first-order chi connectivity index (χ1) is 7.95. The first kappa shape index (κ1) is 9.53. The molecule has 1 saturated heterocycles. The van der Waals surface area contributed by atoms with Gasteiger partial charge in [0.15, 0.2) is 0 Å². The standard InChI is InChI=1S/C10H13N5O/c1-2-11-3-5-15(4-1)9-8-6-14-16-10(8)13-7-12-9/h6-7,11H,1-5H2. The number of aromatic nitrogens is 3. The molecule has 0 atom stereocenters. The second kappa shape index (κ2) is 4.05. The van der Waals surface area contributed by atoms with E-state index < -0.39 is 0 Å². The largest absolute Gasteiger partial charge is 0.355 e. The van der Waals surface area contributed by atoms with Gasteiger partial charge in [0.2, 0.25) is 0 Å². The summed E-state index contributed by atoms with van der Waals surface area (Å²) in [4.78, 5) is 10.6. The Morgan fingerprint density at radius 1 is 1.25 bits per heavy atom. The van der Waals surface area contributed by atoms with Gasteiger partial charge in [-0.1, -0.05) is 5.16 Å². The Bertz CT molecular complexity index is 475. The lowest BCUT2D eigenvalue weighted by Crippen LogP contribution is -2.28. The van der Waals surface area contributed by atoms with Crippen LogP contribution in [0.2, 0.25) is 0 Å². The van der Waals surface area contributed by atoms with E-state index in [0.717, 1.165) is 43.8 Å². The minimum absolute atomic E-state index is 0.558. The molecule has 2 aromatic heterocycles. The van der Waals surface area contributed by atoms with Gasteiger partial charge in [0.05, 0.1) is 6.20 Å². The molecule has 0 bridgehead atoms. The highest BCUT2D eigenvalue weighted by Crippen LogP contribution is 2.22. The smallest absolute Gasteiger partial charge is 0.262 e. The van der Waals surface area contributed by atoms with Crippen molar-refractivity contribution in [3.05, 3.63) is 12.5 Å². The average Bonchev–Trinajstić information content (AvgIpc) is 2.63. The van der Waals surface area contributed by atoms with E-state index in [1.54, 1.807) is 6.20 Å². The van der Waals surface area contributed by atoms with Crippen molar-refractivity contribution in [2.24, 2.45) is 0 Å². The van der Waals surface area contributed by atoms with Crippen LogP contribution in [0.1, 0.15) is 6.42 Å². The summed E-state index contributed by atoms with van der Waals surface area (Å²) in [6, 6.07) is 0. The molecule has 1 aliphatic rings. The summed E-state index contributed by atoms with van der Waals surface area (Å²) in [7, 11) is 0. The second-order valence-corrected chi connectivity index (χ2v) is 3.83. The van der Waals surface area contributed by atoms with Crippen molar-refractivity contribution in [2.45, 2.75) is 6.42 Å². The highest BCUT2D eigenvalue weighted by molar-refractivity contribution is 5.84. The van der Waals surface area contributed by atoms with E-state index in [1.165, 1.54) is 6.33 Å². The van der Waals surface area contributed by atoms with Gasteiger partial charge in [0, 0.05) is 19.6 Å². The summed E-state index contributed by atoms with van der Waals surface area (Å²) in [5.41, 5.74) is 0.558. The Balaban J connectivity index is 2.00. The summed E-state index contributed by atoms with van der Waals surface area (Å²) in [5, 5.41) is 8.02. The number of hydrogen-bond donors (Lipinski definition) is 1. The van der Waals surface area contributed by atoms with E-state index in [1.807, 2.05) is 0 Å². The molecule has 3 rings (SSSR count). The van der Waals surface area contributed by atoms with Crippen LogP contribution < -0.4 is 10.2 Å². The monoisotopic (exact) mass is 219 g/mol. The van der Waals surface area contributed by atoms with Gasteiger partial charge in [-0.15, -0.1) is 0 Å². The molecule has 0 amide bonds. The van der Waals surface area contributed by atoms with Crippen molar-refractivity contribution in [2.75, 3.05) is 31.1 Å². The third-order valence-corrected chi connectivity index (χ3v) is 2.79. The number of rotatable bonds is 1. The maximum Gasteiger partial charge on any atom is 0.262 e. The van der Waals surface area contributed by atoms with Crippen molar-refractivity contribution in [1.29, 1.82) is 0 Å². The lowest BCUT2D eigenvalue weighted by Gasteiger charge is -2.20. The summed E-state index contributed by atoms with van der Waals surface area (Å²) in [6.07, 6.45) is 4.33. The van der Waals surface area contributed by atoms with Crippen molar-refractivity contribution < 1.29 is 4.52 Å². The fourth-order valence-electron chi connectivity index (χ4n) is 1.99. The highest BCUT2D eigenvalue weighted by atomic mass is 16.5. The summed E-state index contributed by atoms with van der Waals surface area (Å²) < 4.78 is 5.04. The van der Waals surface area contributed by atoms with Crippen LogP contribution in [0.4, 0.5) is 5.82 Å². The zero-order valence-corrected chi connectivity index (χ0v) is 8.89. The Labute approximate surface area is 92.6 Å².